The predicted octanol–water partition coefficient (Wildman–Crippen LogP) is 4.79. The molecule has 2 aromatic heterocycles. The van der Waals surface area contributed by atoms with Gasteiger partial charge >= 0.3 is 0 Å². The Balaban J connectivity index is 1.69. The first-order valence-electron chi connectivity index (χ1n) is 9.57. The van der Waals surface area contributed by atoms with Crippen molar-refractivity contribution in [2.24, 2.45) is 5.92 Å². The van der Waals surface area contributed by atoms with E-state index in [2.05, 4.69) is 33.8 Å². The van der Waals surface area contributed by atoms with Crippen molar-refractivity contribution in [2.45, 2.75) is 45.6 Å². The molecule has 0 saturated heterocycles. The summed E-state index contributed by atoms with van der Waals surface area (Å²) in [5.74, 6) is 3.48. The number of nitrogens with zero attached hydrogens (tertiary/aromatic N) is 3. The topological polar surface area (TPSA) is 51.5 Å². The first-order valence-corrected chi connectivity index (χ1v) is 9.57. The Hall–Kier alpha value is -2.56. The van der Waals surface area contributed by atoms with Gasteiger partial charge in [-0.1, -0.05) is 6.92 Å². The van der Waals surface area contributed by atoms with E-state index in [9.17, 15) is 0 Å². The van der Waals surface area contributed by atoms with Crippen molar-refractivity contribution in [3.8, 4) is 17.0 Å². The lowest BCUT2D eigenvalue weighted by molar-refractivity contribution is 0.340. The van der Waals surface area contributed by atoms with Gasteiger partial charge in [0.2, 0.25) is 5.78 Å². The van der Waals surface area contributed by atoms with Crippen molar-refractivity contribution in [1.82, 2.24) is 14.4 Å². The standard InChI is InChI=1S/C21H26N4O/c1-3-26-18-11-7-16(8-12-18)19-20(23-17-9-5-15(2)6-10-17)25-14-4-13-22-21(25)24-19/h4,7-8,11-15,17,23H,3,5-6,9-10H2,1-2H3. The van der Waals surface area contributed by atoms with Crippen molar-refractivity contribution in [1.29, 1.82) is 0 Å². The monoisotopic (exact) mass is 350 g/mol. The van der Waals surface area contributed by atoms with Crippen LogP contribution in [0.4, 0.5) is 5.82 Å². The van der Waals surface area contributed by atoms with Crippen molar-refractivity contribution >= 4 is 11.6 Å². The molecule has 2 heterocycles. The molecule has 3 aromatic rings. The minimum Gasteiger partial charge on any atom is -0.494 e. The summed E-state index contributed by atoms with van der Waals surface area (Å²) in [5, 5.41) is 3.76. The van der Waals surface area contributed by atoms with Gasteiger partial charge in [-0.25, -0.2) is 9.97 Å². The van der Waals surface area contributed by atoms with Gasteiger partial charge < -0.3 is 10.1 Å². The van der Waals surface area contributed by atoms with Gasteiger partial charge in [0, 0.05) is 24.0 Å². The van der Waals surface area contributed by atoms with Crippen molar-refractivity contribution in [3.05, 3.63) is 42.7 Å². The molecule has 1 fully saturated rings. The van der Waals surface area contributed by atoms with Crippen LogP contribution in [0, 0.1) is 5.92 Å². The maximum absolute atomic E-state index is 5.56. The molecule has 1 aliphatic carbocycles. The third-order valence-corrected chi connectivity index (χ3v) is 5.20. The van der Waals surface area contributed by atoms with Crippen LogP contribution >= 0.6 is 0 Å². The number of anilines is 1. The lowest BCUT2D eigenvalue weighted by Gasteiger charge is -2.27. The summed E-state index contributed by atoms with van der Waals surface area (Å²) >= 11 is 0. The zero-order valence-electron chi connectivity index (χ0n) is 15.5. The van der Waals surface area contributed by atoms with E-state index in [1.54, 1.807) is 6.20 Å². The van der Waals surface area contributed by atoms with Crippen molar-refractivity contribution in [2.75, 3.05) is 11.9 Å². The lowest BCUT2D eigenvalue weighted by atomic mass is 9.87. The Kier molecular flexibility index (Phi) is 4.78. The molecule has 136 valence electrons. The number of imidazole rings is 1. The van der Waals surface area contributed by atoms with Crippen LogP contribution in [0.1, 0.15) is 39.5 Å². The van der Waals surface area contributed by atoms with Crippen molar-refractivity contribution in [3.63, 3.8) is 0 Å². The fraction of sp³-hybridized carbons (Fsp3) is 0.429. The Morgan fingerprint density at radius 2 is 1.92 bits per heavy atom. The van der Waals surface area contributed by atoms with E-state index in [1.807, 2.05) is 31.3 Å². The first-order chi connectivity index (χ1) is 12.7. The van der Waals surface area contributed by atoms with E-state index < -0.39 is 0 Å². The molecule has 1 aromatic carbocycles. The highest BCUT2D eigenvalue weighted by atomic mass is 16.5. The molecule has 0 spiro atoms. The minimum atomic E-state index is 0.493. The molecule has 26 heavy (non-hydrogen) atoms. The summed E-state index contributed by atoms with van der Waals surface area (Å²) in [5.41, 5.74) is 2.02. The van der Waals surface area contributed by atoms with E-state index in [0.717, 1.165) is 34.5 Å². The number of hydrogen-bond acceptors (Lipinski definition) is 4. The predicted molar refractivity (Wildman–Crippen MR) is 105 cm³/mol. The van der Waals surface area contributed by atoms with Gasteiger partial charge in [0.25, 0.3) is 0 Å². The minimum absolute atomic E-state index is 0.493. The van der Waals surface area contributed by atoms with Crippen LogP contribution in [-0.2, 0) is 0 Å². The highest BCUT2D eigenvalue weighted by molar-refractivity contribution is 5.76. The number of hydrogen-bond donors (Lipinski definition) is 1. The van der Waals surface area contributed by atoms with Gasteiger partial charge in [0.15, 0.2) is 0 Å². The summed E-state index contributed by atoms with van der Waals surface area (Å²) in [7, 11) is 0. The normalized spacial score (nSPS) is 20.2. The Bertz CT molecular complexity index is 863. The van der Waals surface area contributed by atoms with Crippen LogP contribution in [0.15, 0.2) is 42.7 Å². The second-order valence-electron chi connectivity index (χ2n) is 7.16. The summed E-state index contributed by atoms with van der Waals surface area (Å²) < 4.78 is 7.62. The van der Waals surface area contributed by atoms with E-state index in [-0.39, 0.29) is 0 Å². The third-order valence-electron chi connectivity index (χ3n) is 5.20. The number of aromatic nitrogens is 3. The second-order valence-corrected chi connectivity index (χ2v) is 7.16. The average Bonchev–Trinajstić information content (AvgIpc) is 3.03. The van der Waals surface area contributed by atoms with Crippen LogP contribution in [0.5, 0.6) is 5.75 Å². The molecule has 5 heteroatoms. The summed E-state index contributed by atoms with van der Waals surface area (Å²) in [6, 6.07) is 10.6. The molecule has 0 unspecified atom stereocenters. The molecular formula is C21H26N4O. The molecule has 0 amide bonds. The molecule has 1 saturated carbocycles. The van der Waals surface area contributed by atoms with Gasteiger partial charge in [-0.05, 0) is 68.9 Å². The van der Waals surface area contributed by atoms with E-state index in [4.69, 9.17) is 9.72 Å². The smallest absolute Gasteiger partial charge is 0.235 e. The molecule has 0 aliphatic heterocycles. The zero-order valence-corrected chi connectivity index (χ0v) is 15.5. The summed E-state index contributed by atoms with van der Waals surface area (Å²) in [4.78, 5) is 9.21. The van der Waals surface area contributed by atoms with Crippen LogP contribution in [-0.4, -0.2) is 27.0 Å². The number of fused-ring (bicyclic) bond motifs is 1. The molecule has 1 N–H and O–H groups in total. The van der Waals surface area contributed by atoms with Crippen LogP contribution in [0.25, 0.3) is 17.0 Å². The number of ether oxygens (including phenoxy) is 1. The largest absolute Gasteiger partial charge is 0.494 e. The fourth-order valence-corrected chi connectivity index (χ4v) is 3.70. The van der Waals surface area contributed by atoms with Crippen LogP contribution < -0.4 is 10.1 Å². The maximum Gasteiger partial charge on any atom is 0.235 e. The molecule has 0 radical (unpaired) electrons. The third kappa shape index (κ3) is 3.39. The maximum atomic E-state index is 5.56. The second kappa shape index (κ2) is 7.36. The van der Waals surface area contributed by atoms with E-state index in [0.29, 0.717) is 12.6 Å². The van der Waals surface area contributed by atoms with Crippen LogP contribution in [0.3, 0.4) is 0 Å². The van der Waals surface area contributed by atoms with Crippen molar-refractivity contribution < 1.29 is 4.74 Å². The molecule has 5 nitrogen and oxygen atoms in total. The Morgan fingerprint density at radius 3 is 2.65 bits per heavy atom. The quantitative estimate of drug-likeness (QED) is 0.719. The Labute approximate surface area is 154 Å². The average molecular weight is 350 g/mol. The first kappa shape index (κ1) is 16.9. The highest BCUT2D eigenvalue weighted by Gasteiger charge is 2.22. The SMILES string of the molecule is CCOc1ccc(-c2nc3ncccn3c2NC2CCC(C)CC2)cc1. The molecular weight excluding hydrogens is 324 g/mol. The van der Waals surface area contributed by atoms with Gasteiger partial charge in [-0.2, -0.15) is 0 Å². The number of rotatable bonds is 5. The van der Waals surface area contributed by atoms with Gasteiger partial charge in [-0.15, -0.1) is 0 Å². The van der Waals surface area contributed by atoms with Gasteiger partial charge in [-0.3, -0.25) is 4.40 Å². The van der Waals surface area contributed by atoms with Gasteiger partial charge in [0.1, 0.15) is 17.3 Å². The molecule has 0 bridgehead atoms. The fourth-order valence-electron chi connectivity index (χ4n) is 3.70. The highest BCUT2D eigenvalue weighted by Crippen LogP contribution is 2.32. The number of benzene rings is 1. The molecule has 4 rings (SSSR count). The van der Waals surface area contributed by atoms with Crippen LogP contribution in [0.2, 0.25) is 0 Å². The summed E-state index contributed by atoms with van der Waals surface area (Å²) in [6.45, 7) is 5.01. The number of nitrogens with one attached hydrogen (secondary N) is 1. The van der Waals surface area contributed by atoms with E-state index in [1.165, 1.54) is 25.7 Å². The molecule has 0 atom stereocenters. The van der Waals surface area contributed by atoms with E-state index >= 15 is 0 Å². The van der Waals surface area contributed by atoms with Gasteiger partial charge in [0.05, 0.1) is 6.61 Å². The zero-order chi connectivity index (χ0) is 17.9. The molecule has 1 aliphatic rings. The lowest BCUT2D eigenvalue weighted by Crippen LogP contribution is -2.26. The Morgan fingerprint density at radius 1 is 1.15 bits per heavy atom. The summed E-state index contributed by atoms with van der Waals surface area (Å²) in [6.07, 6.45) is 8.79.